The van der Waals surface area contributed by atoms with Gasteiger partial charge < -0.3 is 42.6 Å². The summed E-state index contributed by atoms with van der Waals surface area (Å²) in [7, 11) is 9.78. The average molecular weight is 1100 g/mol. The molecule has 0 saturated carbocycles. The van der Waals surface area contributed by atoms with Gasteiger partial charge in [0.2, 0.25) is 0 Å². The van der Waals surface area contributed by atoms with Gasteiger partial charge in [-0.2, -0.15) is 0 Å². The van der Waals surface area contributed by atoms with Gasteiger partial charge in [0, 0.05) is 24.0 Å². The number of fused-ring (bicyclic) bond motifs is 6. The van der Waals surface area contributed by atoms with E-state index < -0.39 is 0 Å². The molecule has 2 aliphatic heterocycles. The van der Waals surface area contributed by atoms with Crippen molar-refractivity contribution >= 4 is 44.5 Å². The van der Waals surface area contributed by atoms with Gasteiger partial charge in [-0.1, -0.05) is 189 Å². The molecule has 436 valence electrons. The monoisotopic (exact) mass is 1100 g/mol. The molecular weight excluding hydrogens is 1010 g/mol. The molecular formula is C72H94O9. The molecule has 0 aliphatic carbocycles. The standard InChI is InChI=1S/C48H70O3.C24H24O6/c1-3-5-7-9-11-13-15-17-19-21-23-25-27-31-41-33-29-35-47(45(41)37-43-39-49-43)51-48-36-30-34-42(46(48)38-44-40-50-44)32-28-26-24-22-20-18-16-14-12-10-8-6-4-2;1-25-19-7-13-14(8-20(19)26-2)16-10-22(28-4)24(30-6)12-18(16)17-11-23(29-5)21(27-3)9-15(13)17/h23-36,43-44H,3-22,37-40H2,1-2H3;7-12H,1-6H3/b25-23+,26-24+,31-27+,32-28+;. The molecule has 9 nitrogen and oxygen atoms in total. The number of unbranched alkanes of at least 4 members (excludes halogenated alkanes) is 18. The van der Waals surface area contributed by atoms with E-state index in [9.17, 15) is 0 Å². The first-order valence-electron chi connectivity index (χ1n) is 30.5. The van der Waals surface area contributed by atoms with Crippen LogP contribution in [0.1, 0.15) is 165 Å². The number of hydrogen-bond acceptors (Lipinski definition) is 9. The zero-order valence-corrected chi connectivity index (χ0v) is 50.3. The summed E-state index contributed by atoms with van der Waals surface area (Å²) in [6, 6.07) is 24.8. The highest BCUT2D eigenvalue weighted by molar-refractivity contribution is 6.26. The van der Waals surface area contributed by atoms with Crippen LogP contribution in [0.15, 0.2) is 109 Å². The lowest BCUT2D eigenvalue weighted by atomic mass is 9.93. The molecule has 8 rings (SSSR count). The zero-order valence-electron chi connectivity index (χ0n) is 50.3. The summed E-state index contributed by atoms with van der Waals surface area (Å²) >= 11 is 0. The van der Waals surface area contributed by atoms with Crippen LogP contribution in [0.2, 0.25) is 0 Å². The second-order valence-corrected chi connectivity index (χ2v) is 21.6. The maximum Gasteiger partial charge on any atom is 0.161 e. The smallest absolute Gasteiger partial charge is 0.161 e. The average Bonchev–Trinajstić information content (AvgIpc) is 4.47. The van der Waals surface area contributed by atoms with Crippen molar-refractivity contribution in [1.29, 1.82) is 0 Å². The minimum absolute atomic E-state index is 0.278. The molecule has 2 saturated heterocycles. The van der Waals surface area contributed by atoms with Gasteiger partial charge in [-0.05, 0) is 118 Å². The molecule has 2 heterocycles. The van der Waals surface area contributed by atoms with Crippen LogP contribution >= 0.6 is 0 Å². The van der Waals surface area contributed by atoms with E-state index in [1.165, 1.54) is 138 Å². The third-order valence-electron chi connectivity index (χ3n) is 15.7. The fourth-order valence-corrected chi connectivity index (χ4v) is 10.8. The van der Waals surface area contributed by atoms with Gasteiger partial charge >= 0.3 is 0 Å². The molecule has 0 radical (unpaired) electrons. The Bertz CT molecular complexity index is 2610. The van der Waals surface area contributed by atoms with Crippen LogP contribution in [-0.2, 0) is 22.3 Å². The molecule has 9 heteroatoms. The Hall–Kier alpha value is -6.42. The third kappa shape index (κ3) is 18.8. The maximum atomic E-state index is 6.80. The van der Waals surface area contributed by atoms with Gasteiger partial charge in [-0.3, -0.25) is 0 Å². The minimum Gasteiger partial charge on any atom is -0.493 e. The Kier molecular flexibility index (Phi) is 26.2. The quantitative estimate of drug-likeness (QED) is 0.0165. The molecule has 0 spiro atoms. The molecule has 0 N–H and O–H groups in total. The first kappa shape index (κ1) is 62.2. The predicted molar refractivity (Wildman–Crippen MR) is 338 cm³/mol. The molecule has 0 bridgehead atoms. The number of allylic oxidation sites excluding steroid dienone is 6. The van der Waals surface area contributed by atoms with Crippen molar-refractivity contribution in [2.75, 3.05) is 55.9 Å². The van der Waals surface area contributed by atoms with Crippen LogP contribution in [0, 0.1) is 0 Å². The summed E-state index contributed by atoms with van der Waals surface area (Å²) in [5.74, 6) is 5.77. The van der Waals surface area contributed by atoms with Crippen molar-refractivity contribution in [1.82, 2.24) is 0 Å². The first-order valence-corrected chi connectivity index (χ1v) is 30.5. The van der Waals surface area contributed by atoms with Crippen LogP contribution in [0.4, 0.5) is 0 Å². The summed E-state index contributed by atoms with van der Waals surface area (Å²) in [4.78, 5) is 0. The summed E-state index contributed by atoms with van der Waals surface area (Å²) in [6.45, 7) is 6.23. The van der Waals surface area contributed by atoms with Crippen molar-refractivity contribution < 1.29 is 42.6 Å². The van der Waals surface area contributed by atoms with E-state index in [1.54, 1.807) is 42.7 Å². The van der Waals surface area contributed by atoms with Gasteiger partial charge in [0.1, 0.15) is 11.5 Å². The Morgan fingerprint density at radius 1 is 0.370 bits per heavy atom. The molecule has 2 fully saturated rings. The lowest BCUT2D eigenvalue weighted by Crippen LogP contribution is -2.03. The minimum atomic E-state index is 0.278. The summed E-state index contributed by atoms with van der Waals surface area (Å²) in [5.41, 5.74) is 4.85. The van der Waals surface area contributed by atoms with E-state index in [1.807, 2.05) is 36.4 Å². The molecule has 0 amide bonds. The molecule has 6 aromatic carbocycles. The van der Waals surface area contributed by atoms with Crippen molar-refractivity contribution in [3.8, 4) is 46.0 Å². The zero-order chi connectivity index (χ0) is 57.0. The Morgan fingerprint density at radius 2 is 0.654 bits per heavy atom. The summed E-state index contributed by atoms with van der Waals surface area (Å²) in [6.07, 6.45) is 47.2. The van der Waals surface area contributed by atoms with E-state index in [0.29, 0.717) is 34.5 Å². The summed E-state index contributed by atoms with van der Waals surface area (Å²) in [5, 5.41) is 6.02. The fraction of sp³-hybridized carbons (Fsp3) is 0.472. The third-order valence-corrected chi connectivity index (χ3v) is 15.7. The topological polar surface area (TPSA) is 89.7 Å². The van der Waals surface area contributed by atoms with Crippen molar-refractivity contribution in [3.05, 3.63) is 132 Å². The van der Waals surface area contributed by atoms with E-state index in [2.05, 4.69) is 98.9 Å². The number of methoxy groups -OCH3 is 6. The molecule has 0 aromatic heterocycles. The van der Waals surface area contributed by atoms with Gasteiger partial charge in [0.05, 0.1) is 68.1 Å². The summed E-state index contributed by atoms with van der Waals surface area (Å²) < 4.78 is 51.5. The van der Waals surface area contributed by atoms with Gasteiger partial charge in [-0.15, -0.1) is 0 Å². The van der Waals surface area contributed by atoms with Crippen LogP contribution < -0.4 is 33.2 Å². The number of hydrogen-bond donors (Lipinski definition) is 0. The van der Waals surface area contributed by atoms with Crippen molar-refractivity contribution in [2.24, 2.45) is 0 Å². The number of ether oxygens (including phenoxy) is 9. The predicted octanol–water partition coefficient (Wildman–Crippen LogP) is 19.5. The van der Waals surface area contributed by atoms with Crippen LogP contribution in [0.25, 0.3) is 44.5 Å². The fourth-order valence-electron chi connectivity index (χ4n) is 10.8. The normalized spacial score (nSPS) is 14.9. The molecule has 81 heavy (non-hydrogen) atoms. The van der Waals surface area contributed by atoms with E-state index >= 15 is 0 Å². The number of rotatable bonds is 36. The van der Waals surface area contributed by atoms with Gasteiger partial charge in [0.25, 0.3) is 0 Å². The lowest BCUT2D eigenvalue weighted by Gasteiger charge is -2.18. The van der Waals surface area contributed by atoms with Crippen molar-refractivity contribution in [3.63, 3.8) is 0 Å². The van der Waals surface area contributed by atoms with E-state index in [4.69, 9.17) is 42.6 Å². The van der Waals surface area contributed by atoms with Crippen LogP contribution in [-0.4, -0.2) is 68.1 Å². The number of epoxide rings is 2. The highest BCUT2D eigenvalue weighted by Gasteiger charge is 2.28. The highest BCUT2D eigenvalue weighted by atomic mass is 16.6. The maximum absolute atomic E-state index is 6.80. The second-order valence-electron chi connectivity index (χ2n) is 21.6. The van der Waals surface area contributed by atoms with E-state index in [0.717, 1.165) is 82.7 Å². The van der Waals surface area contributed by atoms with Gasteiger partial charge in [0.15, 0.2) is 34.5 Å². The molecule has 6 aromatic rings. The Balaban J connectivity index is 0.000000266. The second kappa shape index (κ2) is 34.1. The largest absolute Gasteiger partial charge is 0.493 e. The van der Waals surface area contributed by atoms with E-state index in [-0.39, 0.29) is 12.2 Å². The highest BCUT2D eigenvalue weighted by Crippen LogP contribution is 2.47. The molecule has 2 atom stereocenters. The van der Waals surface area contributed by atoms with Crippen LogP contribution in [0.3, 0.4) is 0 Å². The van der Waals surface area contributed by atoms with Gasteiger partial charge in [-0.25, -0.2) is 0 Å². The Morgan fingerprint density at radius 3 is 0.926 bits per heavy atom. The van der Waals surface area contributed by atoms with Crippen LogP contribution in [0.5, 0.6) is 46.0 Å². The lowest BCUT2D eigenvalue weighted by molar-refractivity contribution is 0.355. The Labute approximate surface area is 485 Å². The number of benzene rings is 6. The molecule has 2 unspecified atom stereocenters. The SMILES string of the molecule is CCCCCCCCCCC/C=C/C=C/c1cccc(Oc2cccc(/C=C/C=C/CCCCCCCCCCC)c2CC2CO2)c1CC1CO1.COc1cc2c3cc(OC)c(OC)cc3c3cc(OC)c(OC)cc3c2cc1OC. The molecule has 2 aliphatic rings. The van der Waals surface area contributed by atoms with Crippen molar-refractivity contribution in [2.45, 2.75) is 167 Å². The first-order chi connectivity index (χ1) is 39.9.